The van der Waals surface area contributed by atoms with E-state index in [9.17, 15) is 9.59 Å². The van der Waals surface area contributed by atoms with Crippen LogP contribution in [-0.4, -0.2) is 15.9 Å². The molecule has 4 rings (SSSR count). The van der Waals surface area contributed by atoms with Gasteiger partial charge in [-0.1, -0.05) is 54.6 Å². The standard InChI is InChI=1S/C24H19N3O2/c28-23(26-16-17-12-14-25-15-13-17)21-10-11-22(27-24(21)29)20-8-6-19(7-9-20)18-4-2-1-3-5-18/h1-15H,16H2,(H,26,28)(H,27,29). The average molecular weight is 381 g/mol. The summed E-state index contributed by atoms with van der Waals surface area (Å²) in [5, 5.41) is 2.75. The fraction of sp³-hybridized carbons (Fsp3) is 0.0417. The molecule has 142 valence electrons. The van der Waals surface area contributed by atoms with Gasteiger partial charge >= 0.3 is 0 Å². The normalized spacial score (nSPS) is 10.5. The number of nitrogens with one attached hydrogen (secondary N) is 2. The summed E-state index contributed by atoms with van der Waals surface area (Å²) < 4.78 is 0. The van der Waals surface area contributed by atoms with Crippen molar-refractivity contribution in [2.24, 2.45) is 0 Å². The molecule has 1 amide bonds. The second-order valence-corrected chi connectivity index (χ2v) is 6.60. The highest BCUT2D eigenvalue weighted by atomic mass is 16.2. The van der Waals surface area contributed by atoms with Crippen LogP contribution in [0, 0.1) is 0 Å². The van der Waals surface area contributed by atoms with Crippen molar-refractivity contribution in [3.63, 3.8) is 0 Å². The molecule has 0 bridgehead atoms. The molecule has 0 aliphatic heterocycles. The molecule has 0 atom stereocenters. The number of rotatable bonds is 5. The molecular formula is C24H19N3O2. The van der Waals surface area contributed by atoms with Gasteiger partial charge in [-0.05, 0) is 46.5 Å². The Morgan fingerprint density at radius 2 is 1.45 bits per heavy atom. The molecule has 2 aromatic carbocycles. The van der Waals surface area contributed by atoms with Crippen molar-refractivity contribution in [3.05, 3.63) is 113 Å². The molecule has 4 aromatic rings. The first kappa shape index (κ1) is 18.4. The Labute approximate surface area is 168 Å². The zero-order valence-corrected chi connectivity index (χ0v) is 15.6. The van der Waals surface area contributed by atoms with E-state index >= 15 is 0 Å². The molecule has 0 aliphatic carbocycles. The Morgan fingerprint density at radius 3 is 2.14 bits per heavy atom. The molecule has 0 spiro atoms. The molecule has 5 nitrogen and oxygen atoms in total. The number of pyridine rings is 2. The first-order valence-corrected chi connectivity index (χ1v) is 9.27. The second-order valence-electron chi connectivity index (χ2n) is 6.60. The van der Waals surface area contributed by atoms with Crippen molar-refractivity contribution in [1.82, 2.24) is 15.3 Å². The van der Waals surface area contributed by atoms with Gasteiger partial charge in [-0.3, -0.25) is 14.6 Å². The lowest BCUT2D eigenvalue weighted by Crippen LogP contribution is -2.29. The van der Waals surface area contributed by atoms with Crippen LogP contribution < -0.4 is 10.9 Å². The third-order valence-electron chi connectivity index (χ3n) is 4.66. The molecule has 2 N–H and O–H groups in total. The van der Waals surface area contributed by atoms with Crippen LogP contribution in [0.1, 0.15) is 15.9 Å². The minimum absolute atomic E-state index is 0.0868. The third kappa shape index (κ3) is 4.30. The van der Waals surface area contributed by atoms with Gasteiger partial charge in [0, 0.05) is 24.6 Å². The second kappa shape index (κ2) is 8.35. The van der Waals surface area contributed by atoms with Crippen LogP contribution >= 0.6 is 0 Å². The van der Waals surface area contributed by atoms with Gasteiger partial charge in [0.15, 0.2) is 0 Å². The lowest BCUT2D eigenvalue weighted by atomic mass is 10.0. The summed E-state index contributed by atoms with van der Waals surface area (Å²) in [4.78, 5) is 31.5. The SMILES string of the molecule is O=C(NCc1ccncc1)c1ccc(-c2ccc(-c3ccccc3)cc2)[nH]c1=O. The molecule has 29 heavy (non-hydrogen) atoms. The smallest absolute Gasteiger partial charge is 0.261 e. The predicted molar refractivity (Wildman–Crippen MR) is 113 cm³/mol. The minimum Gasteiger partial charge on any atom is -0.348 e. The van der Waals surface area contributed by atoms with Gasteiger partial charge in [-0.15, -0.1) is 0 Å². The third-order valence-corrected chi connectivity index (χ3v) is 4.66. The zero-order valence-electron chi connectivity index (χ0n) is 15.6. The minimum atomic E-state index is -0.415. The van der Waals surface area contributed by atoms with Crippen LogP contribution in [0.2, 0.25) is 0 Å². The summed E-state index contributed by atoms with van der Waals surface area (Å²) in [7, 11) is 0. The van der Waals surface area contributed by atoms with Crippen molar-refractivity contribution < 1.29 is 4.79 Å². The van der Waals surface area contributed by atoms with Crippen LogP contribution in [0.4, 0.5) is 0 Å². The van der Waals surface area contributed by atoms with E-state index in [-0.39, 0.29) is 5.56 Å². The summed E-state index contributed by atoms with van der Waals surface area (Å²) in [6.07, 6.45) is 3.32. The highest BCUT2D eigenvalue weighted by Gasteiger charge is 2.11. The quantitative estimate of drug-likeness (QED) is 0.548. The van der Waals surface area contributed by atoms with E-state index in [1.807, 2.05) is 54.6 Å². The van der Waals surface area contributed by atoms with Gasteiger partial charge in [0.05, 0.1) is 0 Å². The molecule has 0 unspecified atom stereocenters. The molecule has 0 saturated carbocycles. The average Bonchev–Trinajstić information content (AvgIpc) is 2.79. The molecule has 0 radical (unpaired) electrons. The molecule has 0 saturated heterocycles. The number of amides is 1. The van der Waals surface area contributed by atoms with E-state index in [0.717, 1.165) is 22.3 Å². The number of aromatic amines is 1. The Bertz CT molecular complexity index is 1170. The maximum absolute atomic E-state index is 12.4. The Hall–Kier alpha value is -3.99. The van der Waals surface area contributed by atoms with Gasteiger partial charge in [0.1, 0.15) is 5.56 Å². The van der Waals surface area contributed by atoms with Crippen molar-refractivity contribution >= 4 is 5.91 Å². The first-order valence-electron chi connectivity index (χ1n) is 9.27. The molecular weight excluding hydrogens is 362 g/mol. The van der Waals surface area contributed by atoms with Crippen molar-refractivity contribution in [1.29, 1.82) is 0 Å². The van der Waals surface area contributed by atoms with E-state index in [2.05, 4.69) is 27.4 Å². The predicted octanol–water partition coefficient (Wildman–Crippen LogP) is 4.03. The number of nitrogens with zero attached hydrogens (tertiary/aromatic N) is 1. The Balaban J connectivity index is 1.49. The first-order chi connectivity index (χ1) is 14.2. The lowest BCUT2D eigenvalue weighted by molar-refractivity contribution is 0.0949. The van der Waals surface area contributed by atoms with Crippen LogP contribution in [0.3, 0.4) is 0 Å². The van der Waals surface area contributed by atoms with Crippen molar-refractivity contribution in [2.75, 3.05) is 0 Å². The number of H-pyrrole nitrogens is 1. The Morgan fingerprint density at radius 1 is 0.793 bits per heavy atom. The number of hydrogen-bond acceptors (Lipinski definition) is 3. The summed E-state index contributed by atoms with van der Waals surface area (Å²) in [5.41, 5.74) is 4.37. The zero-order chi connectivity index (χ0) is 20.1. The maximum Gasteiger partial charge on any atom is 0.261 e. The van der Waals surface area contributed by atoms with E-state index in [1.54, 1.807) is 24.5 Å². The number of benzene rings is 2. The van der Waals surface area contributed by atoms with E-state index in [0.29, 0.717) is 12.2 Å². The van der Waals surface area contributed by atoms with Gasteiger partial charge in [0.25, 0.3) is 11.5 Å². The van der Waals surface area contributed by atoms with Crippen LogP contribution in [0.15, 0.2) is 96.1 Å². The van der Waals surface area contributed by atoms with Gasteiger partial charge in [0.2, 0.25) is 0 Å². The molecule has 5 heteroatoms. The van der Waals surface area contributed by atoms with Gasteiger partial charge in [-0.25, -0.2) is 0 Å². The van der Waals surface area contributed by atoms with Crippen molar-refractivity contribution in [2.45, 2.75) is 6.54 Å². The molecule has 2 heterocycles. The number of carbonyl (C=O) groups is 1. The summed E-state index contributed by atoms with van der Waals surface area (Å²) in [6.45, 7) is 0.337. The van der Waals surface area contributed by atoms with Gasteiger partial charge < -0.3 is 10.3 Å². The Kier molecular flexibility index (Phi) is 5.29. The highest BCUT2D eigenvalue weighted by Crippen LogP contribution is 2.23. The van der Waals surface area contributed by atoms with E-state index in [1.165, 1.54) is 0 Å². The fourth-order valence-electron chi connectivity index (χ4n) is 3.07. The molecule has 0 fully saturated rings. The number of aromatic nitrogens is 2. The summed E-state index contributed by atoms with van der Waals surface area (Å²) in [6, 6.07) is 25.0. The largest absolute Gasteiger partial charge is 0.348 e. The topological polar surface area (TPSA) is 74.8 Å². The summed E-state index contributed by atoms with van der Waals surface area (Å²) >= 11 is 0. The fourth-order valence-corrected chi connectivity index (χ4v) is 3.07. The van der Waals surface area contributed by atoms with Crippen molar-refractivity contribution in [3.8, 4) is 22.4 Å². The molecule has 2 aromatic heterocycles. The highest BCUT2D eigenvalue weighted by molar-refractivity contribution is 5.94. The molecule has 0 aliphatic rings. The monoisotopic (exact) mass is 381 g/mol. The van der Waals surface area contributed by atoms with Crippen LogP contribution in [0.25, 0.3) is 22.4 Å². The number of hydrogen-bond donors (Lipinski definition) is 2. The van der Waals surface area contributed by atoms with E-state index < -0.39 is 11.5 Å². The lowest BCUT2D eigenvalue weighted by Gasteiger charge is -2.07. The number of carbonyl (C=O) groups excluding carboxylic acids is 1. The van der Waals surface area contributed by atoms with Crippen LogP contribution in [0.5, 0.6) is 0 Å². The van der Waals surface area contributed by atoms with E-state index in [4.69, 9.17) is 0 Å². The summed E-state index contributed by atoms with van der Waals surface area (Å²) in [5.74, 6) is -0.408. The van der Waals surface area contributed by atoms with Gasteiger partial charge in [-0.2, -0.15) is 0 Å². The van der Waals surface area contributed by atoms with Crippen LogP contribution in [-0.2, 0) is 6.54 Å². The maximum atomic E-state index is 12.4.